The van der Waals surface area contributed by atoms with Gasteiger partial charge in [-0.2, -0.15) is 0 Å². The third-order valence-electron chi connectivity index (χ3n) is 3.79. The van der Waals surface area contributed by atoms with Crippen LogP contribution in [0.5, 0.6) is 0 Å². The molecule has 144 valence electrons. The van der Waals surface area contributed by atoms with Crippen molar-refractivity contribution in [1.29, 1.82) is 0 Å². The Balaban J connectivity index is 1.55. The van der Waals surface area contributed by atoms with Crippen molar-refractivity contribution >= 4 is 45.1 Å². The number of nitrogens with one attached hydrogen (secondary N) is 1. The minimum atomic E-state index is -0.0557. The van der Waals surface area contributed by atoms with Gasteiger partial charge in [-0.15, -0.1) is 10.2 Å². The van der Waals surface area contributed by atoms with Gasteiger partial charge in [-0.25, -0.2) is 0 Å². The highest BCUT2D eigenvalue weighted by Crippen LogP contribution is 2.25. The lowest BCUT2D eigenvalue weighted by Gasteiger charge is -2.05. The van der Waals surface area contributed by atoms with Crippen LogP contribution in [0.3, 0.4) is 0 Å². The Morgan fingerprint density at radius 2 is 1.79 bits per heavy atom. The Bertz CT molecular complexity index is 956. The molecule has 0 fully saturated rings. The highest BCUT2D eigenvalue weighted by atomic mass is 79.9. The van der Waals surface area contributed by atoms with E-state index in [9.17, 15) is 9.59 Å². The molecule has 0 aliphatic heterocycles. The van der Waals surface area contributed by atoms with Crippen molar-refractivity contribution in [1.82, 2.24) is 10.2 Å². The second kappa shape index (κ2) is 9.66. The van der Waals surface area contributed by atoms with Gasteiger partial charge in [0, 0.05) is 27.7 Å². The van der Waals surface area contributed by atoms with Gasteiger partial charge in [-0.05, 0) is 55.0 Å². The lowest BCUT2D eigenvalue weighted by molar-refractivity contribution is -0.116. The normalized spacial score (nSPS) is 10.6. The molecule has 3 aromatic rings. The largest absolute Gasteiger partial charge is 0.411 e. The van der Waals surface area contributed by atoms with Crippen LogP contribution in [0.2, 0.25) is 0 Å². The monoisotopic (exact) mass is 459 g/mol. The quantitative estimate of drug-likeness (QED) is 0.367. The predicted molar refractivity (Wildman–Crippen MR) is 112 cm³/mol. The smallest absolute Gasteiger partial charge is 0.277 e. The molecule has 0 radical (unpaired) electrons. The molecule has 1 N–H and O–H groups in total. The van der Waals surface area contributed by atoms with Crippen molar-refractivity contribution < 1.29 is 14.0 Å². The van der Waals surface area contributed by atoms with E-state index in [-0.39, 0.29) is 17.4 Å². The van der Waals surface area contributed by atoms with Crippen molar-refractivity contribution in [2.24, 2.45) is 0 Å². The molecule has 3 rings (SSSR count). The first-order chi connectivity index (χ1) is 13.5. The van der Waals surface area contributed by atoms with Crippen LogP contribution in [-0.4, -0.2) is 27.6 Å². The van der Waals surface area contributed by atoms with E-state index in [0.29, 0.717) is 28.8 Å². The molecule has 1 heterocycles. The maximum Gasteiger partial charge on any atom is 0.277 e. The molecule has 1 amide bonds. The standard InChI is InChI=1S/C20H18BrN3O3S/c1-2-3-18(26)22-16-10-6-13(7-11-16)17(25)12-28-20-24-23-19(27-20)14-4-8-15(21)9-5-14/h4-11H,2-3,12H2,1H3,(H,22,26). The summed E-state index contributed by atoms with van der Waals surface area (Å²) in [5.41, 5.74) is 2.06. The molecule has 1 aromatic heterocycles. The highest BCUT2D eigenvalue weighted by Gasteiger charge is 2.13. The molecule has 28 heavy (non-hydrogen) atoms. The first-order valence-electron chi connectivity index (χ1n) is 8.70. The number of ketones is 1. The lowest BCUT2D eigenvalue weighted by Crippen LogP contribution is -2.10. The van der Waals surface area contributed by atoms with Crippen LogP contribution >= 0.6 is 27.7 Å². The minimum absolute atomic E-state index is 0.0323. The first-order valence-corrected chi connectivity index (χ1v) is 10.5. The maximum atomic E-state index is 12.4. The van der Waals surface area contributed by atoms with Crippen molar-refractivity contribution in [3.05, 3.63) is 58.6 Å². The molecule has 0 unspecified atom stereocenters. The number of amides is 1. The fraction of sp³-hybridized carbons (Fsp3) is 0.200. The summed E-state index contributed by atoms with van der Waals surface area (Å²) in [5, 5.41) is 11.1. The zero-order valence-electron chi connectivity index (χ0n) is 15.1. The molecule has 2 aromatic carbocycles. The summed E-state index contributed by atoms with van der Waals surface area (Å²) < 4.78 is 6.57. The topological polar surface area (TPSA) is 85.1 Å². The molecule has 0 aliphatic carbocycles. The molecule has 8 heteroatoms. The molecule has 0 atom stereocenters. The van der Waals surface area contributed by atoms with Crippen LogP contribution in [-0.2, 0) is 4.79 Å². The van der Waals surface area contributed by atoms with E-state index >= 15 is 0 Å². The van der Waals surface area contributed by atoms with Gasteiger partial charge >= 0.3 is 0 Å². The summed E-state index contributed by atoms with van der Waals surface area (Å²) in [7, 11) is 0. The maximum absolute atomic E-state index is 12.4. The summed E-state index contributed by atoms with van der Waals surface area (Å²) in [4.78, 5) is 24.0. The average molecular weight is 460 g/mol. The number of nitrogens with zero attached hydrogens (tertiary/aromatic N) is 2. The fourth-order valence-electron chi connectivity index (χ4n) is 2.38. The highest BCUT2D eigenvalue weighted by molar-refractivity contribution is 9.10. The van der Waals surface area contributed by atoms with Gasteiger partial charge in [0.1, 0.15) is 0 Å². The van der Waals surface area contributed by atoms with Crippen LogP contribution in [0, 0.1) is 0 Å². The Labute approximate surface area is 175 Å². The zero-order valence-corrected chi connectivity index (χ0v) is 17.5. The van der Waals surface area contributed by atoms with Gasteiger partial charge in [0.05, 0.1) is 5.75 Å². The number of benzene rings is 2. The number of carbonyl (C=O) groups excluding carboxylic acids is 2. The van der Waals surface area contributed by atoms with Crippen LogP contribution in [0.15, 0.2) is 62.6 Å². The van der Waals surface area contributed by atoms with E-state index in [0.717, 1.165) is 16.5 Å². The second-order valence-corrected chi connectivity index (χ2v) is 7.81. The van der Waals surface area contributed by atoms with Gasteiger partial charge in [0.25, 0.3) is 5.22 Å². The number of carbonyl (C=O) groups is 2. The third-order valence-corrected chi connectivity index (χ3v) is 5.14. The van der Waals surface area contributed by atoms with E-state index in [2.05, 4.69) is 31.4 Å². The third kappa shape index (κ3) is 5.53. The fourth-order valence-corrected chi connectivity index (χ4v) is 3.30. The minimum Gasteiger partial charge on any atom is -0.411 e. The summed E-state index contributed by atoms with van der Waals surface area (Å²) in [5.74, 6) is 0.508. The first kappa shape index (κ1) is 20.3. The van der Waals surface area contributed by atoms with Gasteiger partial charge in [-0.3, -0.25) is 9.59 Å². The molecule has 0 bridgehead atoms. The summed E-state index contributed by atoms with van der Waals surface area (Å²) >= 11 is 4.57. The zero-order chi connectivity index (χ0) is 19.9. The van der Waals surface area contributed by atoms with Crippen LogP contribution in [0.25, 0.3) is 11.5 Å². The number of anilines is 1. The number of Topliss-reactive ketones (excluding diaryl/α,β-unsaturated/α-hetero) is 1. The van der Waals surface area contributed by atoms with Crippen molar-refractivity contribution in [3.8, 4) is 11.5 Å². The molecular weight excluding hydrogens is 442 g/mol. The van der Waals surface area contributed by atoms with Crippen molar-refractivity contribution in [2.45, 2.75) is 25.0 Å². The number of rotatable bonds is 8. The lowest BCUT2D eigenvalue weighted by atomic mass is 10.1. The summed E-state index contributed by atoms with van der Waals surface area (Å²) in [6, 6.07) is 14.4. The van der Waals surface area contributed by atoms with Gasteiger partial charge in [0.2, 0.25) is 11.8 Å². The van der Waals surface area contributed by atoms with Crippen LogP contribution in [0.4, 0.5) is 5.69 Å². The van der Waals surface area contributed by atoms with Crippen LogP contribution < -0.4 is 5.32 Å². The van der Waals surface area contributed by atoms with E-state index in [1.165, 1.54) is 11.8 Å². The Morgan fingerprint density at radius 1 is 1.07 bits per heavy atom. The van der Waals surface area contributed by atoms with Crippen molar-refractivity contribution in [3.63, 3.8) is 0 Å². The summed E-state index contributed by atoms with van der Waals surface area (Å²) in [6.07, 6.45) is 1.27. The summed E-state index contributed by atoms with van der Waals surface area (Å²) in [6.45, 7) is 1.95. The number of hydrogen-bond donors (Lipinski definition) is 1. The number of aromatic nitrogens is 2. The van der Waals surface area contributed by atoms with Crippen LogP contribution in [0.1, 0.15) is 30.1 Å². The van der Waals surface area contributed by atoms with Gasteiger partial charge in [0.15, 0.2) is 5.78 Å². The van der Waals surface area contributed by atoms with E-state index in [4.69, 9.17) is 4.42 Å². The number of thioether (sulfide) groups is 1. The average Bonchev–Trinajstić information content (AvgIpc) is 3.16. The number of hydrogen-bond acceptors (Lipinski definition) is 6. The molecule has 0 spiro atoms. The molecule has 0 saturated carbocycles. The molecule has 6 nitrogen and oxygen atoms in total. The molecule has 0 saturated heterocycles. The van der Waals surface area contributed by atoms with E-state index in [1.807, 2.05) is 31.2 Å². The Morgan fingerprint density at radius 3 is 2.46 bits per heavy atom. The Kier molecular flexibility index (Phi) is 7.00. The predicted octanol–water partition coefficient (Wildman–Crippen LogP) is 5.21. The molecule has 0 aliphatic rings. The van der Waals surface area contributed by atoms with Crippen molar-refractivity contribution in [2.75, 3.05) is 11.1 Å². The Hall–Kier alpha value is -2.45. The SMILES string of the molecule is CCCC(=O)Nc1ccc(C(=O)CSc2nnc(-c3ccc(Br)cc3)o2)cc1. The number of halogens is 1. The van der Waals surface area contributed by atoms with E-state index in [1.54, 1.807) is 24.3 Å². The van der Waals surface area contributed by atoms with Gasteiger partial charge in [-0.1, -0.05) is 34.6 Å². The molecular formula is C20H18BrN3O3S. The van der Waals surface area contributed by atoms with E-state index < -0.39 is 0 Å². The van der Waals surface area contributed by atoms with Gasteiger partial charge < -0.3 is 9.73 Å². The second-order valence-electron chi connectivity index (χ2n) is 5.97.